The molecule has 0 spiro atoms. The summed E-state index contributed by atoms with van der Waals surface area (Å²) in [6.07, 6.45) is 2.60. The number of carboxylic acid groups (broad SMARTS) is 1. The monoisotopic (exact) mass is 824 g/mol. The summed E-state index contributed by atoms with van der Waals surface area (Å²) >= 11 is 4.37. The normalized spacial score (nSPS) is 13.0. The molecule has 2 aliphatic rings. The Labute approximate surface area is 352 Å². The average Bonchev–Trinajstić information content (AvgIpc) is 3.73. The molecule has 0 unspecified atom stereocenters. The second-order valence-corrected chi connectivity index (χ2v) is 15.0. The molecule has 6 aromatic rings. The number of nitrogens with one attached hydrogen (secondary N) is 3. The summed E-state index contributed by atoms with van der Waals surface area (Å²) in [4.78, 5) is 46.3. The standard InChI is InChI=1S/C23H20N2O2.C13H13NO3.C10H9N.CH3PS.CH4/c1-15-20(13-14-22(15)26)24-18-11-9-17(10-12-18)23(27)25-21-8-4-6-16-5-2-3-7-19(16)21;1-8-11(6-7-12(8)15)14-10-4-2-9(3-5-10)13(16)17;11-10-7-3-5-8-4-1-2-6-9(8)10;1-2-3;/h2-12,24H,13-14H2,1H3,(H,25,27);2-5,14H,6-7H2,1H3,(H,16,17);1-7H,11H2;1H3;1H4. The van der Waals surface area contributed by atoms with E-state index in [1.54, 1.807) is 24.3 Å². The topological polar surface area (TPSA) is 151 Å². The van der Waals surface area contributed by atoms with Gasteiger partial charge in [0.1, 0.15) is 0 Å². The van der Waals surface area contributed by atoms with Gasteiger partial charge in [0.05, 0.1) is 5.56 Å². The van der Waals surface area contributed by atoms with Gasteiger partial charge >= 0.3 is 5.97 Å². The summed E-state index contributed by atoms with van der Waals surface area (Å²) in [6.45, 7) is 5.57. The number of carbonyl (C=O) groups excluding carboxylic acids is 3. The van der Waals surface area contributed by atoms with E-state index in [0.29, 0.717) is 18.4 Å². The highest BCUT2D eigenvalue weighted by Gasteiger charge is 2.20. The Bertz CT molecular complexity index is 2520. The molecule has 302 valence electrons. The molecule has 1 amide bonds. The zero-order valence-corrected chi connectivity index (χ0v) is 34.3. The Balaban J connectivity index is 0.000000205. The van der Waals surface area contributed by atoms with Crippen LogP contribution in [-0.2, 0) is 21.4 Å². The Morgan fingerprint density at radius 2 is 1.03 bits per heavy atom. The number of amides is 1. The van der Waals surface area contributed by atoms with Crippen molar-refractivity contribution in [3.05, 3.63) is 167 Å². The fourth-order valence-corrected chi connectivity index (χ4v) is 6.41. The molecule has 0 aliphatic heterocycles. The van der Waals surface area contributed by atoms with Gasteiger partial charge in [-0.3, -0.25) is 14.4 Å². The van der Waals surface area contributed by atoms with Gasteiger partial charge in [0.25, 0.3) is 5.91 Å². The number of benzene rings is 6. The van der Waals surface area contributed by atoms with Gasteiger partial charge in [0, 0.05) is 74.5 Å². The highest BCUT2D eigenvalue weighted by atomic mass is 32.4. The molecule has 0 aromatic heterocycles. The molecule has 11 heteroatoms. The first-order valence-electron chi connectivity index (χ1n) is 18.7. The SMILES string of the molecule is C.CC1=C(Nc2ccc(C(=O)Nc3cccc4ccccc34)cc2)CCC1=O.CC1=C(Nc2ccc(C(=O)O)cc2)CCC1=O.CP=S.Nc1cccc2ccccc12. The lowest BCUT2D eigenvalue weighted by atomic mass is 10.1. The highest BCUT2D eigenvalue weighted by Crippen LogP contribution is 2.27. The Morgan fingerprint density at radius 3 is 1.49 bits per heavy atom. The maximum Gasteiger partial charge on any atom is 0.335 e. The molecule has 0 bridgehead atoms. The summed E-state index contributed by atoms with van der Waals surface area (Å²) in [6, 6.07) is 41.7. The third kappa shape index (κ3) is 12.3. The van der Waals surface area contributed by atoms with Crippen LogP contribution in [0.15, 0.2) is 156 Å². The fourth-order valence-electron chi connectivity index (χ4n) is 6.41. The van der Waals surface area contributed by atoms with Crippen molar-refractivity contribution < 1.29 is 24.3 Å². The number of ketones is 2. The van der Waals surface area contributed by atoms with Gasteiger partial charge in [-0.05, 0) is 112 Å². The van der Waals surface area contributed by atoms with Crippen molar-refractivity contribution in [2.45, 2.75) is 47.0 Å². The smallest absolute Gasteiger partial charge is 0.335 e. The first kappa shape index (κ1) is 45.2. The van der Waals surface area contributed by atoms with E-state index in [1.807, 2.05) is 105 Å². The van der Waals surface area contributed by atoms with E-state index in [1.165, 1.54) is 17.5 Å². The molecule has 0 saturated carbocycles. The summed E-state index contributed by atoms with van der Waals surface area (Å²) in [5.74, 6) is -0.717. The molecule has 6 aromatic carbocycles. The van der Waals surface area contributed by atoms with Crippen molar-refractivity contribution in [1.82, 2.24) is 0 Å². The fraction of sp³-hybridized carbons (Fsp3) is 0.167. The molecule has 59 heavy (non-hydrogen) atoms. The minimum absolute atomic E-state index is 0. The van der Waals surface area contributed by atoms with E-state index in [-0.39, 0.29) is 30.5 Å². The summed E-state index contributed by atoms with van der Waals surface area (Å²) in [5, 5.41) is 22.6. The van der Waals surface area contributed by atoms with Gasteiger partial charge in [-0.1, -0.05) is 92.0 Å². The Morgan fingerprint density at radius 1 is 0.610 bits per heavy atom. The number of nitrogens with two attached hydrogens (primary N) is 1. The maximum absolute atomic E-state index is 12.6. The van der Waals surface area contributed by atoms with Crippen LogP contribution in [0.25, 0.3) is 21.5 Å². The van der Waals surface area contributed by atoms with Crippen LogP contribution < -0.4 is 21.7 Å². The second-order valence-electron chi connectivity index (χ2n) is 13.5. The molecule has 0 fully saturated rings. The zero-order chi connectivity index (χ0) is 41.6. The van der Waals surface area contributed by atoms with Crippen LogP contribution in [0, 0.1) is 0 Å². The number of Topliss-reactive ketones (excluding diaryl/α,β-unsaturated/α-hetero) is 2. The number of hydrogen-bond acceptors (Lipinski definition) is 8. The number of rotatable bonds is 7. The van der Waals surface area contributed by atoms with Gasteiger partial charge in [-0.15, -0.1) is 0 Å². The van der Waals surface area contributed by atoms with Crippen molar-refractivity contribution >= 4 is 86.9 Å². The van der Waals surface area contributed by atoms with Crippen molar-refractivity contribution in [3.8, 4) is 0 Å². The predicted octanol–water partition coefficient (Wildman–Crippen LogP) is 11.7. The molecule has 0 radical (unpaired) electrons. The van der Waals surface area contributed by atoms with Crippen LogP contribution in [0.4, 0.5) is 22.7 Å². The molecule has 2 aliphatic carbocycles. The molecule has 0 saturated heterocycles. The van der Waals surface area contributed by atoms with Gasteiger partial charge in [-0.2, -0.15) is 0 Å². The Kier molecular flexibility index (Phi) is 16.8. The number of anilines is 4. The third-order valence-electron chi connectivity index (χ3n) is 9.68. The van der Waals surface area contributed by atoms with Crippen molar-refractivity contribution in [2.24, 2.45) is 0 Å². The summed E-state index contributed by atoms with van der Waals surface area (Å²) in [7, 11) is 1.00. The quantitative estimate of drug-likeness (QED) is 0.0783. The third-order valence-corrected chi connectivity index (χ3v) is 9.68. The largest absolute Gasteiger partial charge is 0.478 e. The lowest BCUT2D eigenvalue weighted by Crippen LogP contribution is -2.12. The first-order valence-corrected chi connectivity index (χ1v) is 21.0. The first-order chi connectivity index (χ1) is 28.0. The highest BCUT2D eigenvalue weighted by molar-refractivity contribution is 7.96. The minimum atomic E-state index is -0.942. The summed E-state index contributed by atoms with van der Waals surface area (Å²) in [5.41, 5.74) is 13.4. The molecule has 0 heterocycles. The van der Waals surface area contributed by atoms with Crippen LogP contribution >= 0.6 is 7.36 Å². The zero-order valence-electron chi connectivity index (χ0n) is 32.5. The van der Waals surface area contributed by atoms with E-state index >= 15 is 0 Å². The van der Waals surface area contributed by atoms with E-state index in [9.17, 15) is 19.2 Å². The lowest BCUT2D eigenvalue weighted by molar-refractivity contribution is -0.115. The van der Waals surface area contributed by atoms with E-state index < -0.39 is 5.97 Å². The number of nitrogen functional groups attached to an aromatic ring is 1. The molecule has 8 rings (SSSR count). The van der Waals surface area contributed by atoms with Gasteiger partial charge < -0.3 is 26.8 Å². The number of aromatic carboxylic acids is 1. The maximum atomic E-state index is 12.6. The lowest BCUT2D eigenvalue weighted by Gasteiger charge is -2.11. The number of hydrogen-bond donors (Lipinski definition) is 5. The number of carbonyl (C=O) groups is 4. The van der Waals surface area contributed by atoms with Gasteiger partial charge in [0.2, 0.25) is 0 Å². The van der Waals surface area contributed by atoms with Gasteiger partial charge in [0.15, 0.2) is 11.6 Å². The molecule has 6 N–H and O–H groups in total. The number of fused-ring (bicyclic) bond motifs is 2. The molecular weight excluding hydrogens is 776 g/mol. The van der Waals surface area contributed by atoms with Crippen LogP contribution in [0.3, 0.4) is 0 Å². The predicted molar refractivity (Wildman–Crippen MR) is 248 cm³/mol. The van der Waals surface area contributed by atoms with Crippen LogP contribution in [0.5, 0.6) is 0 Å². The van der Waals surface area contributed by atoms with Crippen molar-refractivity contribution in [2.75, 3.05) is 28.3 Å². The van der Waals surface area contributed by atoms with Crippen LogP contribution in [0.2, 0.25) is 0 Å². The van der Waals surface area contributed by atoms with Crippen LogP contribution in [-0.4, -0.2) is 35.2 Å². The summed E-state index contributed by atoms with van der Waals surface area (Å²) < 4.78 is 0. The van der Waals surface area contributed by atoms with Crippen LogP contribution in [0.1, 0.15) is 67.7 Å². The van der Waals surface area contributed by atoms with Crippen molar-refractivity contribution in [1.29, 1.82) is 0 Å². The van der Waals surface area contributed by atoms with E-state index in [2.05, 4.69) is 39.9 Å². The molecular formula is C48H49N4O5PS. The number of allylic oxidation sites excluding steroid dienone is 4. The number of carboxylic acids is 1. The Hall–Kier alpha value is -6.48. The minimum Gasteiger partial charge on any atom is -0.478 e. The van der Waals surface area contributed by atoms with E-state index in [0.717, 1.165) is 81.6 Å². The molecule has 9 nitrogen and oxygen atoms in total. The molecule has 0 atom stereocenters. The van der Waals surface area contributed by atoms with Crippen molar-refractivity contribution in [3.63, 3.8) is 0 Å². The average molecular weight is 825 g/mol. The van der Waals surface area contributed by atoms with E-state index in [4.69, 9.17) is 10.8 Å². The van der Waals surface area contributed by atoms with Gasteiger partial charge in [-0.25, -0.2) is 4.79 Å². The second kappa shape index (κ2) is 21.9.